The van der Waals surface area contributed by atoms with Gasteiger partial charge in [-0.3, -0.25) is 0 Å². The highest BCUT2D eigenvalue weighted by molar-refractivity contribution is 5.69. The minimum atomic E-state index is 0.496. The molecule has 5 heteroatoms. The maximum absolute atomic E-state index is 7.14. The number of nitrogens with zero attached hydrogens (tertiary/aromatic N) is 2. The molecule has 0 spiro atoms. The van der Waals surface area contributed by atoms with E-state index in [9.17, 15) is 0 Å². The van der Waals surface area contributed by atoms with Gasteiger partial charge in [0.1, 0.15) is 5.82 Å². The number of rotatable bonds is 6. The number of nitrogens with one attached hydrogen (secondary N) is 2. The van der Waals surface area contributed by atoms with E-state index in [1.807, 2.05) is 0 Å². The molecule has 5 nitrogen and oxygen atoms in total. The van der Waals surface area contributed by atoms with Crippen LogP contribution in [0, 0.1) is 11.3 Å². The molecule has 0 amide bonds. The van der Waals surface area contributed by atoms with Crippen LogP contribution >= 0.6 is 0 Å². The molecule has 1 aliphatic rings. The molecule has 96 valence electrons. The summed E-state index contributed by atoms with van der Waals surface area (Å²) in [5, 5.41) is 10.4. The lowest BCUT2D eigenvalue weighted by Gasteiger charge is -2.29. The Hall–Kier alpha value is -1.36. The third kappa shape index (κ3) is 5.49. The van der Waals surface area contributed by atoms with Gasteiger partial charge in [-0.15, -0.1) is 0 Å². The van der Waals surface area contributed by atoms with Gasteiger partial charge in [0.15, 0.2) is 6.40 Å². The fourth-order valence-electron chi connectivity index (χ4n) is 1.53. The van der Waals surface area contributed by atoms with Crippen LogP contribution in [0.3, 0.4) is 0 Å². The Kier molecular flexibility index (Phi) is 6.32. The lowest BCUT2D eigenvalue weighted by atomic mass is 10.2. The van der Waals surface area contributed by atoms with Crippen molar-refractivity contribution >= 4 is 12.6 Å². The average molecular weight is 238 g/mol. The highest BCUT2D eigenvalue weighted by atomic mass is 16.5. The highest BCUT2D eigenvalue weighted by Crippen LogP contribution is 2.06. The molecule has 1 heterocycles. The van der Waals surface area contributed by atoms with Crippen molar-refractivity contribution in [3.8, 4) is 0 Å². The van der Waals surface area contributed by atoms with Gasteiger partial charge in [0, 0.05) is 32.4 Å². The Balaban J connectivity index is 2.47. The summed E-state index contributed by atoms with van der Waals surface area (Å²) >= 11 is 0. The molecule has 0 atom stereocenters. The third-order valence-electron chi connectivity index (χ3n) is 2.36. The van der Waals surface area contributed by atoms with Crippen molar-refractivity contribution in [1.82, 2.24) is 10.2 Å². The van der Waals surface area contributed by atoms with Crippen LogP contribution in [-0.4, -0.2) is 50.3 Å². The first-order valence-corrected chi connectivity index (χ1v) is 6.04. The van der Waals surface area contributed by atoms with E-state index >= 15 is 0 Å². The number of ether oxygens (including phenoxy) is 1. The number of piperazine rings is 1. The minimum Gasteiger partial charge on any atom is -0.483 e. The fraction of sp³-hybridized carbons (Fsp3) is 0.667. The van der Waals surface area contributed by atoms with Gasteiger partial charge in [0.2, 0.25) is 0 Å². The third-order valence-corrected chi connectivity index (χ3v) is 2.36. The molecule has 17 heavy (non-hydrogen) atoms. The summed E-state index contributed by atoms with van der Waals surface area (Å²) in [4.78, 5) is 6.42. The van der Waals surface area contributed by atoms with Crippen LogP contribution in [0.4, 0.5) is 0 Å². The Morgan fingerprint density at radius 2 is 2.18 bits per heavy atom. The van der Waals surface area contributed by atoms with Gasteiger partial charge in [-0.25, -0.2) is 4.99 Å². The van der Waals surface area contributed by atoms with E-state index in [0.717, 1.165) is 32.0 Å². The summed E-state index contributed by atoms with van der Waals surface area (Å²) in [5.41, 5.74) is 0. The summed E-state index contributed by atoms with van der Waals surface area (Å²) in [7, 11) is 0. The normalized spacial score (nSPS) is 17.8. The maximum atomic E-state index is 7.14. The highest BCUT2D eigenvalue weighted by Gasteiger charge is 2.11. The van der Waals surface area contributed by atoms with Crippen LogP contribution in [0.5, 0.6) is 0 Å². The molecule has 0 aliphatic carbocycles. The second-order valence-corrected chi connectivity index (χ2v) is 4.39. The van der Waals surface area contributed by atoms with Gasteiger partial charge in [-0.05, 0) is 12.0 Å². The average Bonchev–Trinajstić information content (AvgIpc) is 2.34. The largest absolute Gasteiger partial charge is 0.483 e. The van der Waals surface area contributed by atoms with Crippen LogP contribution in [0.25, 0.3) is 0 Å². The molecule has 1 aliphatic heterocycles. The Labute approximate surface area is 103 Å². The molecule has 0 unspecified atom stereocenters. The van der Waals surface area contributed by atoms with Gasteiger partial charge in [-0.2, -0.15) is 0 Å². The molecule has 1 fully saturated rings. The predicted octanol–water partition coefficient (Wildman–Crippen LogP) is 1.08. The van der Waals surface area contributed by atoms with Gasteiger partial charge in [-0.1, -0.05) is 13.8 Å². The summed E-state index contributed by atoms with van der Waals surface area (Å²) in [5.74, 6) is 1.29. The zero-order valence-electron chi connectivity index (χ0n) is 10.6. The molecule has 0 aromatic heterocycles. The van der Waals surface area contributed by atoms with E-state index in [4.69, 9.17) is 10.1 Å². The summed E-state index contributed by atoms with van der Waals surface area (Å²) in [6, 6.07) is 0. The molecule has 0 bridgehead atoms. The van der Waals surface area contributed by atoms with Crippen molar-refractivity contribution in [1.29, 1.82) is 5.41 Å². The first-order valence-electron chi connectivity index (χ1n) is 6.04. The van der Waals surface area contributed by atoms with Crippen molar-refractivity contribution in [3.63, 3.8) is 0 Å². The van der Waals surface area contributed by atoms with E-state index in [0.29, 0.717) is 12.5 Å². The van der Waals surface area contributed by atoms with Crippen LogP contribution in [-0.2, 0) is 4.74 Å². The molecule has 0 aromatic carbocycles. The lowest BCUT2D eigenvalue weighted by molar-refractivity contribution is 0.265. The van der Waals surface area contributed by atoms with Gasteiger partial charge >= 0.3 is 0 Å². The molecule has 0 saturated carbocycles. The van der Waals surface area contributed by atoms with Crippen molar-refractivity contribution in [2.24, 2.45) is 10.9 Å². The quantitative estimate of drug-likeness (QED) is 0.538. The van der Waals surface area contributed by atoms with Crippen LogP contribution in [0.2, 0.25) is 0 Å². The summed E-state index contributed by atoms with van der Waals surface area (Å²) in [6.07, 6.45) is 4.44. The van der Waals surface area contributed by atoms with E-state index < -0.39 is 0 Å². The van der Waals surface area contributed by atoms with E-state index in [-0.39, 0.29) is 0 Å². The SMILES string of the molecule is CC(C)CO/C=N\C(=C/C=N)N1CCNCC1. The van der Waals surface area contributed by atoms with Crippen molar-refractivity contribution in [2.75, 3.05) is 32.8 Å². The Morgan fingerprint density at radius 3 is 2.76 bits per heavy atom. The topological polar surface area (TPSA) is 60.7 Å². The standard InChI is InChI=1S/C12H22N4O/c1-11(2)9-17-10-15-12(3-4-13)16-7-5-14-6-8-16/h3-4,10-11,13-14H,5-9H2,1-2H3/b12-3+,13-4?,15-10-. The smallest absolute Gasteiger partial charge is 0.176 e. The first kappa shape index (κ1) is 13.7. The second kappa shape index (κ2) is 7.84. The number of hydrogen-bond donors (Lipinski definition) is 2. The van der Waals surface area contributed by atoms with E-state index in [2.05, 4.69) is 29.1 Å². The maximum Gasteiger partial charge on any atom is 0.176 e. The zero-order chi connectivity index (χ0) is 12.5. The van der Waals surface area contributed by atoms with Crippen LogP contribution < -0.4 is 5.32 Å². The van der Waals surface area contributed by atoms with Crippen LogP contribution in [0.1, 0.15) is 13.8 Å². The van der Waals surface area contributed by atoms with E-state index in [1.165, 1.54) is 12.6 Å². The molecule has 0 aromatic rings. The van der Waals surface area contributed by atoms with Gasteiger partial charge in [0.05, 0.1) is 6.61 Å². The van der Waals surface area contributed by atoms with Gasteiger partial charge in [0.25, 0.3) is 0 Å². The molecule has 1 rings (SSSR count). The molecule has 1 saturated heterocycles. The molecule has 0 radical (unpaired) electrons. The van der Waals surface area contributed by atoms with Gasteiger partial charge < -0.3 is 20.4 Å². The lowest BCUT2D eigenvalue weighted by Crippen LogP contribution is -2.42. The number of aliphatic imine (C=N–C) groups is 1. The predicted molar refractivity (Wildman–Crippen MR) is 70.6 cm³/mol. The first-order chi connectivity index (χ1) is 8.24. The number of allylic oxidation sites excluding steroid dienone is 1. The fourth-order valence-corrected chi connectivity index (χ4v) is 1.53. The summed E-state index contributed by atoms with van der Waals surface area (Å²) in [6.45, 7) is 8.61. The molecule has 2 N–H and O–H groups in total. The Bertz CT molecular complexity index is 280. The van der Waals surface area contributed by atoms with Crippen LogP contribution in [0.15, 0.2) is 16.9 Å². The Morgan fingerprint density at radius 1 is 1.47 bits per heavy atom. The second-order valence-electron chi connectivity index (χ2n) is 4.39. The van der Waals surface area contributed by atoms with Crippen molar-refractivity contribution in [2.45, 2.75) is 13.8 Å². The summed E-state index contributed by atoms with van der Waals surface area (Å²) < 4.78 is 5.31. The monoisotopic (exact) mass is 238 g/mol. The van der Waals surface area contributed by atoms with E-state index in [1.54, 1.807) is 6.08 Å². The zero-order valence-corrected chi connectivity index (χ0v) is 10.6. The van der Waals surface area contributed by atoms with Crippen molar-refractivity contribution < 1.29 is 4.74 Å². The molecular formula is C12H22N4O. The van der Waals surface area contributed by atoms with Crippen molar-refractivity contribution in [3.05, 3.63) is 11.9 Å². The molecular weight excluding hydrogens is 216 g/mol. The number of hydrogen-bond acceptors (Lipinski definition) is 5. The minimum absolute atomic E-state index is 0.496.